The lowest BCUT2D eigenvalue weighted by Gasteiger charge is -2.15. The van der Waals surface area contributed by atoms with Gasteiger partial charge in [0.1, 0.15) is 12.4 Å². The highest BCUT2D eigenvalue weighted by atomic mass is 16.5. The number of nitrogens with zero attached hydrogens (tertiary/aromatic N) is 3. The molecule has 0 amide bonds. The zero-order valence-corrected chi connectivity index (χ0v) is 9.89. The van der Waals surface area contributed by atoms with E-state index in [0.29, 0.717) is 24.1 Å². The van der Waals surface area contributed by atoms with E-state index in [1.54, 1.807) is 6.07 Å². The molecule has 0 unspecified atom stereocenters. The fourth-order valence-corrected chi connectivity index (χ4v) is 1.61. The number of hydrogen-bond acceptors (Lipinski definition) is 5. The largest absolute Gasteiger partial charge is 0.475 e. The molecule has 0 bridgehead atoms. The minimum absolute atomic E-state index is 0.0505. The minimum Gasteiger partial charge on any atom is -0.475 e. The number of hydrogen-bond donors (Lipinski definition) is 2. The molecule has 2 rings (SSSR count). The minimum atomic E-state index is -0.0505. The Morgan fingerprint density at radius 2 is 2.41 bits per heavy atom. The highest BCUT2D eigenvalue weighted by Crippen LogP contribution is 2.24. The number of nitrogens with two attached hydrogens (primary N) is 1. The summed E-state index contributed by atoms with van der Waals surface area (Å²) in [6, 6.07) is 2.35. The lowest BCUT2D eigenvalue weighted by atomic mass is 10.3. The molecular weight excluding hydrogens is 218 g/mol. The Kier molecular flexibility index (Phi) is 3.53. The third kappa shape index (κ3) is 3.13. The molecular formula is C11H17N5O. The third-order valence-electron chi connectivity index (χ3n) is 2.83. The maximum absolute atomic E-state index is 7.39. The van der Waals surface area contributed by atoms with E-state index in [2.05, 4.69) is 22.1 Å². The molecule has 3 N–H and O–H groups in total. The first-order valence-corrected chi connectivity index (χ1v) is 5.67. The maximum atomic E-state index is 7.39. The van der Waals surface area contributed by atoms with Crippen LogP contribution in [0.15, 0.2) is 12.3 Å². The van der Waals surface area contributed by atoms with Crippen molar-refractivity contribution in [2.45, 2.75) is 18.9 Å². The highest BCUT2D eigenvalue weighted by Gasteiger charge is 2.25. The normalized spacial score (nSPS) is 14.9. The zero-order chi connectivity index (χ0) is 12.3. The maximum Gasteiger partial charge on any atom is 0.244 e. The monoisotopic (exact) mass is 235 g/mol. The molecule has 1 aromatic rings. The van der Waals surface area contributed by atoms with Gasteiger partial charge in [0.2, 0.25) is 5.88 Å². The van der Waals surface area contributed by atoms with E-state index in [9.17, 15) is 0 Å². The number of nitrogen functional groups attached to an aromatic ring is 1. The summed E-state index contributed by atoms with van der Waals surface area (Å²) in [6.45, 7) is 1.38. The average molecular weight is 235 g/mol. The number of aromatic nitrogens is 2. The molecule has 6 nitrogen and oxygen atoms in total. The van der Waals surface area contributed by atoms with Gasteiger partial charge in [0.15, 0.2) is 0 Å². The van der Waals surface area contributed by atoms with Gasteiger partial charge in [-0.2, -0.15) is 5.10 Å². The second kappa shape index (κ2) is 5.09. The van der Waals surface area contributed by atoms with Gasteiger partial charge >= 0.3 is 0 Å². The van der Waals surface area contributed by atoms with Crippen LogP contribution in [-0.2, 0) is 0 Å². The van der Waals surface area contributed by atoms with Gasteiger partial charge in [-0.3, -0.25) is 5.41 Å². The van der Waals surface area contributed by atoms with Crippen LogP contribution in [0.3, 0.4) is 0 Å². The molecule has 17 heavy (non-hydrogen) atoms. The van der Waals surface area contributed by atoms with Gasteiger partial charge < -0.3 is 15.4 Å². The predicted octanol–water partition coefficient (Wildman–Crippen LogP) is 0.234. The molecule has 0 atom stereocenters. The van der Waals surface area contributed by atoms with Crippen molar-refractivity contribution >= 4 is 5.84 Å². The van der Waals surface area contributed by atoms with E-state index in [4.69, 9.17) is 15.9 Å². The standard InChI is InChI=1S/C11H17N5O/c1-16(8-2-3-8)6-7-17-11-9(10(12)13)4-5-14-15-11/h4-5,8H,2-3,6-7H2,1H3,(H3,12,13). The molecule has 0 aromatic carbocycles. The van der Waals surface area contributed by atoms with Crippen LogP contribution < -0.4 is 10.5 Å². The fraction of sp³-hybridized carbons (Fsp3) is 0.545. The summed E-state index contributed by atoms with van der Waals surface area (Å²) in [5.74, 6) is 0.287. The first-order chi connectivity index (χ1) is 8.18. The van der Waals surface area contributed by atoms with Crippen LogP contribution in [0, 0.1) is 5.41 Å². The first kappa shape index (κ1) is 11.8. The van der Waals surface area contributed by atoms with Gasteiger partial charge in [0.05, 0.1) is 11.8 Å². The van der Waals surface area contributed by atoms with Crippen LogP contribution in [0.4, 0.5) is 0 Å². The SMILES string of the molecule is CN(CCOc1nnccc1C(=N)N)C1CC1. The second-order valence-corrected chi connectivity index (χ2v) is 4.22. The lowest BCUT2D eigenvalue weighted by molar-refractivity contribution is 0.224. The number of rotatable bonds is 6. The Morgan fingerprint density at radius 1 is 1.65 bits per heavy atom. The molecule has 92 valence electrons. The van der Waals surface area contributed by atoms with E-state index in [1.807, 2.05) is 0 Å². The van der Waals surface area contributed by atoms with Crippen molar-refractivity contribution in [3.63, 3.8) is 0 Å². The molecule has 0 saturated heterocycles. The Labute approximate surface area is 100 Å². The Balaban J connectivity index is 1.87. The van der Waals surface area contributed by atoms with Crippen molar-refractivity contribution in [2.24, 2.45) is 5.73 Å². The molecule has 0 radical (unpaired) electrons. The van der Waals surface area contributed by atoms with Crippen molar-refractivity contribution in [2.75, 3.05) is 20.2 Å². The quantitative estimate of drug-likeness (QED) is 0.544. The Morgan fingerprint density at radius 3 is 3.06 bits per heavy atom. The molecule has 1 aliphatic rings. The summed E-state index contributed by atoms with van der Waals surface area (Å²) in [7, 11) is 2.09. The van der Waals surface area contributed by atoms with Crippen LogP contribution in [0.5, 0.6) is 5.88 Å². The molecule has 1 heterocycles. The van der Waals surface area contributed by atoms with E-state index >= 15 is 0 Å². The Hall–Kier alpha value is -1.69. The number of likely N-dealkylation sites (N-methyl/N-ethyl adjacent to an activating group) is 1. The van der Waals surface area contributed by atoms with Gasteiger partial charge in [-0.1, -0.05) is 0 Å². The number of amidine groups is 1. The van der Waals surface area contributed by atoms with Gasteiger partial charge in [0, 0.05) is 12.6 Å². The van der Waals surface area contributed by atoms with Crippen LogP contribution in [0.2, 0.25) is 0 Å². The summed E-state index contributed by atoms with van der Waals surface area (Å²) in [4.78, 5) is 2.27. The molecule has 1 fully saturated rings. The summed E-state index contributed by atoms with van der Waals surface area (Å²) in [6.07, 6.45) is 4.06. The van der Waals surface area contributed by atoms with Crippen molar-refractivity contribution in [3.05, 3.63) is 17.8 Å². The number of ether oxygens (including phenoxy) is 1. The molecule has 1 saturated carbocycles. The number of nitrogens with one attached hydrogen (secondary N) is 1. The first-order valence-electron chi connectivity index (χ1n) is 5.67. The summed E-state index contributed by atoms with van der Waals surface area (Å²) in [5.41, 5.74) is 5.92. The van der Waals surface area contributed by atoms with Crippen LogP contribution >= 0.6 is 0 Å². The fourth-order valence-electron chi connectivity index (χ4n) is 1.61. The summed E-state index contributed by atoms with van der Waals surface area (Å²) < 4.78 is 5.51. The lowest BCUT2D eigenvalue weighted by Crippen LogP contribution is -2.27. The average Bonchev–Trinajstić information content (AvgIpc) is 3.13. The highest BCUT2D eigenvalue weighted by molar-refractivity contribution is 5.96. The molecule has 0 aliphatic heterocycles. The van der Waals surface area contributed by atoms with Gasteiger partial charge in [-0.15, -0.1) is 5.10 Å². The van der Waals surface area contributed by atoms with Crippen molar-refractivity contribution < 1.29 is 4.74 Å². The van der Waals surface area contributed by atoms with Crippen LogP contribution in [0.25, 0.3) is 0 Å². The molecule has 0 spiro atoms. The summed E-state index contributed by atoms with van der Waals surface area (Å²) >= 11 is 0. The molecule has 1 aliphatic carbocycles. The van der Waals surface area contributed by atoms with Crippen molar-refractivity contribution in [1.82, 2.24) is 15.1 Å². The van der Waals surface area contributed by atoms with Gasteiger partial charge in [0.25, 0.3) is 0 Å². The second-order valence-electron chi connectivity index (χ2n) is 4.22. The smallest absolute Gasteiger partial charge is 0.244 e. The Bertz CT molecular complexity index is 405. The van der Waals surface area contributed by atoms with E-state index in [1.165, 1.54) is 19.0 Å². The van der Waals surface area contributed by atoms with Crippen LogP contribution in [-0.4, -0.2) is 47.2 Å². The predicted molar refractivity (Wildman–Crippen MR) is 64.2 cm³/mol. The van der Waals surface area contributed by atoms with Crippen molar-refractivity contribution in [3.8, 4) is 5.88 Å². The molecule has 1 aromatic heterocycles. The van der Waals surface area contributed by atoms with Gasteiger partial charge in [-0.05, 0) is 26.0 Å². The van der Waals surface area contributed by atoms with E-state index < -0.39 is 0 Å². The van der Waals surface area contributed by atoms with Crippen molar-refractivity contribution in [1.29, 1.82) is 5.41 Å². The topological polar surface area (TPSA) is 88.1 Å². The molecule has 6 heteroatoms. The summed E-state index contributed by atoms with van der Waals surface area (Å²) in [5, 5.41) is 15.0. The third-order valence-corrected chi connectivity index (χ3v) is 2.83. The van der Waals surface area contributed by atoms with Crippen LogP contribution in [0.1, 0.15) is 18.4 Å². The van der Waals surface area contributed by atoms with Gasteiger partial charge in [-0.25, -0.2) is 0 Å². The zero-order valence-electron chi connectivity index (χ0n) is 9.89. The van der Waals surface area contributed by atoms with E-state index in [-0.39, 0.29) is 5.84 Å². The van der Waals surface area contributed by atoms with E-state index in [0.717, 1.165) is 6.54 Å².